The predicted octanol–water partition coefficient (Wildman–Crippen LogP) is 3.15. The maximum atomic E-state index is 13.5. The van der Waals surface area contributed by atoms with E-state index in [9.17, 15) is 14.0 Å². The van der Waals surface area contributed by atoms with E-state index in [-0.39, 0.29) is 24.1 Å². The summed E-state index contributed by atoms with van der Waals surface area (Å²) in [6.07, 6.45) is 0.131. The number of thiazole rings is 1. The molecule has 1 aromatic heterocycles. The predicted molar refractivity (Wildman–Crippen MR) is 92.7 cm³/mol. The van der Waals surface area contributed by atoms with Gasteiger partial charge in [-0.1, -0.05) is 29.5 Å². The van der Waals surface area contributed by atoms with Crippen LogP contribution in [0.25, 0.3) is 10.2 Å². The maximum Gasteiger partial charge on any atom is 0.307 e. The van der Waals surface area contributed by atoms with E-state index in [0.717, 1.165) is 5.52 Å². The van der Waals surface area contributed by atoms with Gasteiger partial charge in [-0.3, -0.25) is 9.59 Å². The lowest BCUT2D eigenvalue weighted by atomic mass is 10.2. The van der Waals surface area contributed by atoms with Gasteiger partial charge in [0.2, 0.25) is 0 Å². The van der Waals surface area contributed by atoms with Crippen LogP contribution < -0.4 is 4.80 Å². The molecule has 0 atom stereocenters. The molecule has 0 radical (unpaired) electrons. The molecule has 0 spiro atoms. The smallest absolute Gasteiger partial charge is 0.307 e. The summed E-state index contributed by atoms with van der Waals surface area (Å²) < 4.78 is 20.6. The van der Waals surface area contributed by atoms with Crippen LogP contribution in [0, 0.1) is 5.82 Å². The molecule has 5 nitrogen and oxygen atoms in total. The van der Waals surface area contributed by atoms with E-state index in [0.29, 0.717) is 21.6 Å². The largest absolute Gasteiger partial charge is 0.469 e. The zero-order valence-corrected chi connectivity index (χ0v) is 14.3. The van der Waals surface area contributed by atoms with Crippen molar-refractivity contribution in [2.45, 2.75) is 13.0 Å². The van der Waals surface area contributed by atoms with Crippen molar-refractivity contribution in [1.82, 2.24) is 4.57 Å². The Labute approximate surface area is 147 Å². The molecule has 0 aliphatic heterocycles. The van der Waals surface area contributed by atoms with Crippen molar-refractivity contribution >= 4 is 33.4 Å². The zero-order valence-electron chi connectivity index (χ0n) is 13.4. The fourth-order valence-corrected chi connectivity index (χ4v) is 3.47. The standard InChI is InChI=1S/C18H15FN2O3S/c1-24-16(22)9-10-21-14-8-7-13(19)11-15(14)25-18(21)20-17(23)12-5-3-2-4-6-12/h2-8,11H,9-10H2,1H3. The minimum Gasteiger partial charge on any atom is -0.469 e. The molecule has 0 N–H and O–H groups in total. The Balaban J connectivity index is 2.07. The summed E-state index contributed by atoms with van der Waals surface area (Å²) in [5.74, 6) is -1.12. The van der Waals surface area contributed by atoms with E-state index in [4.69, 9.17) is 0 Å². The minimum absolute atomic E-state index is 0.131. The molecule has 7 heteroatoms. The molecule has 0 fully saturated rings. The van der Waals surface area contributed by atoms with Crippen molar-refractivity contribution in [2.75, 3.05) is 7.11 Å². The summed E-state index contributed by atoms with van der Waals surface area (Å²) in [5, 5.41) is 0. The summed E-state index contributed by atoms with van der Waals surface area (Å²) in [4.78, 5) is 28.4. The molecule has 1 amide bonds. The number of carbonyl (C=O) groups excluding carboxylic acids is 2. The molecule has 0 aliphatic rings. The van der Waals surface area contributed by atoms with Gasteiger partial charge in [0.1, 0.15) is 5.82 Å². The van der Waals surface area contributed by atoms with Gasteiger partial charge in [-0.2, -0.15) is 4.99 Å². The van der Waals surface area contributed by atoms with Crippen molar-refractivity contribution in [3.05, 3.63) is 64.7 Å². The Morgan fingerprint density at radius 1 is 1.20 bits per heavy atom. The maximum absolute atomic E-state index is 13.5. The van der Waals surface area contributed by atoms with Gasteiger partial charge < -0.3 is 9.30 Å². The molecule has 0 saturated heterocycles. The van der Waals surface area contributed by atoms with Crippen LogP contribution in [0.15, 0.2) is 53.5 Å². The summed E-state index contributed by atoms with van der Waals surface area (Å²) in [5.41, 5.74) is 1.18. The average Bonchev–Trinajstić information content (AvgIpc) is 2.96. The monoisotopic (exact) mass is 358 g/mol. The number of benzene rings is 2. The number of rotatable bonds is 4. The van der Waals surface area contributed by atoms with Gasteiger partial charge >= 0.3 is 5.97 Å². The molecule has 0 bridgehead atoms. The SMILES string of the molecule is COC(=O)CCn1c(=NC(=O)c2ccccc2)sc2cc(F)ccc21. The number of carbonyl (C=O) groups is 2. The van der Waals surface area contributed by atoms with Crippen molar-refractivity contribution in [3.63, 3.8) is 0 Å². The third kappa shape index (κ3) is 3.83. The number of hydrogen-bond acceptors (Lipinski definition) is 4. The quantitative estimate of drug-likeness (QED) is 0.673. The van der Waals surface area contributed by atoms with Gasteiger partial charge in [-0.25, -0.2) is 4.39 Å². The average molecular weight is 358 g/mol. The molecule has 3 aromatic rings. The van der Waals surface area contributed by atoms with E-state index in [1.807, 2.05) is 6.07 Å². The summed E-state index contributed by atoms with van der Waals surface area (Å²) in [6, 6.07) is 13.0. The summed E-state index contributed by atoms with van der Waals surface area (Å²) in [6.45, 7) is 0.291. The highest BCUT2D eigenvalue weighted by Gasteiger charge is 2.11. The number of hydrogen-bond donors (Lipinski definition) is 0. The second kappa shape index (κ2) is 7.40. The Morgan fingerprint density at radius 3 is 2.68 bits per heavy atom. The fraction of sp³-hybridized carbons (Fsp3) is 0.167. The van der Waals surface area contributed by atoms with Crippen LogP contribution in [0.1, 0.15) is 16.8 Å². The van der Waals surface area contributed by atoms with Crippen LogP contribution in [0.3, 0.4) is 0 Å². The highest BCUT2D eigenvalue weighted by atomic mass is 32.1. The van der Waals surface area contributed by atoms with Crippen LogP contribution in [0.5, 0.6) is 0 Å². The third-order valence-electron chi connectivity index (χ3n) is 3.63. The molecule has 1 heterocycles. The van der Waals surface area contributed by atoms with Gasteiger partial charge in [0.05, 0.1) is 23.7 Å². The number of nitrogens with zero attached hydrogens (tertiary/aromatic N) is 2. The Kier molecular flexibility index (Phi) is 5.04. The molecule has 128 valence electrons. The number of amides is 1. The Bertz CT molecular complexity index is 992. The van der Waals surface area contributed by atoms with Crippen LogP contribution >= 0.6 is 11.3 Å². The number of ether oxygens (including phenoxy) is 1. The first kappa shape index (κ1) is 17.0. The van der Waals surface area contributed by atoms with E-state index < -0.39 is 0 Å². The van der Waals surface area contributed by atoms with Crippen LogP contribution in [-0.2, 0) is 16.1 Å². The lowest BCUT2D eigenvalue weighted by molar-refractivity contribution is -0.140. The first-order chi connectivity index (χ1) is 12.1. The number of halogens is 1. The van der Waals surface area contributed by atoms with Gasteiger partial charge in [-0.05, 0) is 30.3 Å². The van der Waals surface area contributed by atoms with Gasteiger partial charge in [0.25, 0.3) is 5.91 Å². The third-order valence-corrected chi connectivity index (χ3v) is 4.67. The van der Waals surface area contributed by atoms with E-state index in [1.165, 1.54) is 30.6 Å². The van der Waals surface area contributed by atoms with Crippen molar-refractivity contribution in [1.29, 1.82) is 0 Å². The molecule has 0 saturated carbocycles. The van der Waals surface area contributed by atoms with Crippen LogP contribution in [0.4, 0.5) is 4.39 Å². The Morgan fingerprint density at radius 2 is 1.96 bits per heavy atom. The normalized spacial score (nSPS) is 11.7. The fourth-order valence-electron chi connectivity index (χ4n) is 2.39. The number of fused-ring (bicyclic) bond motifs is 1. The Hall–Kier alpha value is -2.80. The van der Waals surface area contributed by atoms with Gasteiger partial charge in [0.15, 0.2) is 4.80 Å². The number of esters is 1. The zero-order chi connectivity index (χ0) is 17.8. The van der Waals surface area contributed by atoms with Crippen LogP contribution in [0.2, 0.25) is 0 Å². The number of aromatic nitrogens is 1. The lowest BCUT2D eigenvalue weighted by Crippen LogP contribution is -2.19. The van der Waals surface area contributed by atoms with Crippen molar-refractivity contribution in [2.24, 2.45) is 4.99 Å². The van der Waals surface area contributed by atoms with E-state index in [1.54, 1.807) is 34.9 Å². The molecular weight excluding hydrogens is 343 g/mol. The van der Waals surface area contributed by atoms with Crippen molar-refractivity contribution < 1.29 is 18.7 Å². The molecule has 2 aromatic carbocycles. The van der Waals surface area contributed by atoms with E-state index >= 15 is 0 Å². The first-order valence-electron chi connectivity index (χ1n) is 7.58. The van der Waals surface area contributed by atoms with Gasteiger partial charge in [-0.15, -0.1) is 0 Å². The van der Waals surface area contributed by atoms with E-state index in [2.05, 4.69) is 9.73 Å². The molecular formula is C18H15FN2O3S. The molecule has 0 aliphatic carbocycles. The van der Waals surface area contributed by atoms with Gasteiger partial charge in [0, 0.05) is 12.1 Å². The second-order valence-corrected chi connectivity index (χ2v) is 6.27. The minimum atomic E-state index is -0.389. The topological polar surface area (TPSA) is 60.7 Å². The summed E-state index contributed by atoms with van der Waals surface area (Å²) >= 11 is 1.20. The molecule has 25 heavy (non-hydrogen) atoms. The summed E-state index contributed by atoms with van der Waals surface area (Å²) in [7, 11) is 1.32. The molecule has 3 rings (SSSR count). The first-order valence-corrected chi connectivity index (χ1v) is 8.40. The highest BCUT2D eigenvalue weighted by Crippen LogP contribution is 2.19. The van der Waals surface area contributed by atoms with Crippen molar-refractivity contribution in [3.8, 4) is 0 Å². The second-order valence-electron chi connectivity index (χ2n) is 5.26. The lowest BCUT2D eigenvalue weighted by Gasteiger charge is -2.04. The number of aryl methyl sites for hydroxylation is 1. The highest BCUT2D eigenvalue weighted by molar-refractivity contribution is 7.16. The number of methoxy groups -OCH3 is 1. The van der Waals surface area contributed by atoms with Crippen LogP contribution in [-0.4, -0.2) is 23.6 Å². The molecule has 0 unspecified atom stereocenters.